The third-order valence-electron chi connectivity index (χ3n) is 2.84. The van der Waals surface area contributed by atoms with Gasteiger partial charge in [-0.3, -0.25) is 0 Å². The summed E-state index contributed by atoms with van der Waals surface area (Å²) in [6.07, 6.45) is 1.74. The van der Waals surface area contributed by atoms with Gasteiger partial charge < -0.3 is 5.11 Å². The van der Waals surface area contributed by atoms with Crippen molar-refractivity contribution in [1.82, 2.24) is 4.72 Å². The van der Waals surface area contributed by atoms with Crippen LogP contribution in [0.25, 0.3) is 0 Å². The van der Waals surface area contributed by atoms with Crippen LogP contribution >= 0.6 is 0 Å². The maximum absolute atomic E-state index is 12.1. The zero-order valence-electron chi connectivity index (χ0n) is 10.1. The van der Waals surface area contributed by atoms with Crippen LogP contribution in [0.2, 0.25) is 0 Å². The summed E-state index contributed by atoms with van der Waals surface area (Å²) in [5.74, 6) is 5.19. The zero-order chi connectivity index (χ0) is 13.2. The molecule has 1 aromatic carbocycles. The van der Waals surface area contributed by atoms with Crippen molar-refractivity contribution in [1.29, 1.82) is 0 Å². The number of sulfonamides is 1. The molecule has 1 aromatic rings. The first-order valence-electron chi connectivity index (χ1n) is 5.69. The second kappa shape index (κ2) is 4.73. The van der Waals surface area contributed by atoms with E-state index in [2.05, 4.69) is 16.6 Å². The number of nitrogens with one attached hydrogen (secondary N) is 1. The maximum atomic E-state index is 12.1. The van der Waals surface area contributed by atoms with Crippen molar-refractivity contribution < 1.29 is 13.5 Å². The number of aliphatic hydroxyl groups excluding tert-OH is 1. The van der Waals surface area contributed by atoms with E-state index >= 15 is 0 Å². The largest absolute Gasteiger partial charge is 0.384 e. The summed E-state index contributed by atoms with van der Waals surface area (Å²) in [6.45, 7) is 1.65. The number of rotatable bonds is 3. The molecule has 5 heteroatoms. The zero-order valence-corrected chi connectivity index (χ0v) is 10.9. The fourth-order valence-electron chi connectivity index (χ4n) is 1.56. The van der Waals surface area contributed by atoms with Gasteiger partial charge in [0.1, 0.15) is 6.61 Å². The molecule has 18 heavy (non-hydrogen) atoms. The molecular formula is C13H15NO3S. The van der Waals surface area contributed by atoms with Gasteiger partial charge in [-0.05, 0) is 38.0 Å². The molecule has 96 valence electrons. The molecule has 0 bridgehead atoms. The van der Waals surface area contributed by atoms with E-state index in [1.165, 1.54) is 12.1 Å². The number of hydrogen-bond donors (Lipinski definition) is 2. The van der Waals surface area contributed by atoms with Crippen LogP contribution in [-0.4, -0.2) is 25.7 Å². The van der Waals surface area contributed by atoms with Gasteiger partial charge in [0, 0.05) is 11.1 Å². The summed E-state index contributed by atoms with van der Waals surface area (Å²) >= 11 is 0. The molecule has 2 rings (SSSR count). The molecule has 4 nitrogen and oxygen atoms in total. The molecule has 1 fully saturated rings. The number of hydrogen-bond acceptors (Lipinski definition) is 3. The van der Waals surface area contributed by atoms with Gasteiger partial charge in [0.05, 0.1) is 4.90 Å². The second-order valence-corrected chi connectivity index (χ2v) is 6.34. The molecule has 0 amide bonds. The average Bonchev–Trinajstić information content (AvgIpc) is 3.03. The molecule has 0 heterocycles. The normalized spacial score (nSPS) is 16.8. The Morgan fingerprint density at radius 2 is 2.17 bits per heavy atom. The van der Waals surface area contributed by atoms with E-state index in [0.717, 1.165) is 12.8 Å². The smallest absolute Gasteiger partial charge is 0.241 e. The molecule has 0 aromatic heterocycles. The highest BCUT2D eigenvalue weighted by Crippen LogP contribution is 2.35. The minimum absolute atomic E-state index is 0.209. The van der Waals surface area contributed by atoms with Crippen molar-refractivity contribution in [3.8, 4) is 11.8 Å². The van der Waals surface area contributed by atoms with Crippen LogP contribution in [0.1, 0.15) is 25.3 Å². The summed E-state index contributed by atoms with van der Waals surface area (Å²) in [6, 6.07) is 6.40. The molecule has 0 aliphatic heterocycles. The fraction of sp³-hybridized carbons (Fsp3) is 0.385. The molecule has 2 N–H and O–H groups in total. The van der Waals surface area contributed by atoms with Crippen LogP contribution in [0.3, 0.4) is 0 Å². The summed E-state index contributed by atoms with van der Waals surface area (Å²) in [5.41, 5.74) is 0.291. The van der Waals surface area contributed by atoms with Crippen molar-refractivity contribution >= 4 is 10.0 Å². The van der Waals surface area contributed by atoms with Gasteiger partial charge in [-0.15, -0.1) is 0 Å². The Bertz CT molecular complexity index is 607. The lowest BCUT2D eigenvalue weighted by molar-refractivity contribution is 0.350. The van der Waals surface area contributed by atoms with Gasteiger partial charge in [-0.2, -0.15) is 0 Å². The van der Waals surface area contributed by atoms with Crippen molar-refractivity contribution in [3.05, 3.63) is 29.8 Å². The lowest BCUT2D eigenvalue weighted by atomic mass is 10.2. The first-order chi connectivity index (χ1) is 8.45. The van der Waals surface area contributed by atoms with Crippen LogP contribution in [0.4, 0.5) is 0 Å². The second-order valence-electron chi connectivity index (χ2n) is 4.65. The summed E-state index contributed by atoms with van der Waals surface area (Å²) in [5, 5.41) is 8.61. The highest BCUT2D eigenvalue weighted by atomic mass is 32.2. The minimum atomic E-state index is -3.48. The van der Waals surface area contributed by atoms with Crippen molar-refractivity contribution in [2.24, 2.45) is 0 Å². The molecule has 0 atom stereocenters. The quantitative estimate of drug-likeness (QED) is 0.797. The van der Waals surface area contributed by atoms with Gasteiger partial charge in [0.25, 0.3) is 0 Å². The SMILES string of the molecule is CC1(NS(=O)(=O)c2cccc(C#CCO)c2)CC1. The molecule has 1 aliphatic carbocycles. The van der Waals surface area contributed by atoms with Gasteiger partial charge in [0.2, 0.25) is 10.0 Å². The highest BCUT2D eigenvalue weighted by Gasteiger charge is 2.41. The Balaban J connectivity index is 2.27. The predicted molar refractivity (Wildman–Crippen MR) is 68.4 cm³/mol. The maximum Gasteiger partial charge on any atom is 0.241 e. The molecule has 1 saturated carbocycles. The number of benzene rings is 1. The number of aliphatic hydroxyl groups is 1. The standard InChI is InChI=1S/C13H15NO3S/c1-13(7-8-13)14-18(16,17)12-6-2-4-11(10-12)5-3-9-15/h2,4,6,10,14-15H,7-9H2,1H3. The van der Waals surface area contributed by atoms with E-state index in [1.54, 1.807) is 12.1 Å². The van der Waals surface area contributed by atoms with Crippen molar-refractivity contribution in [3.63, 3.8) is 0 Å². The first kappa shape index (κ1) is 13.1. The monoisotopic (exact) mass is 265 g/mol. The third kappa shape index (κ3) is 3.10. The molecule has 0 radical (unpaired) electrons. The molecule has 0 unspecified atom stereocenters. The fourth-order valence-corrected chi connectivity index (χ4v) is 3.07. The van der Waals surface area contributed by atoms with Gasteiger partial charge >= 0.3 is 0 Å². The highest BCUT2D eigenvalue weighted by molar-refractivity contribution is 7.89. The lowest BCUT2D eigenvalue weighted by Crippen LogP contribution is -2.34. The van der Waals surface area contributed by atoms with Crippen molar-refractivity contribution in [2.45, 2.75) is 30.2 Å². The van der Waals surface area contributed by atoms with E-state index in [0.29, 0.717) is 5.56 Å². The Morgan fingerprint density at radius 1 is 1.44 bits per heavy atom. The van der Waals surface area contributed by atoms with Crippen molar-refractivity contribution in [2.75, 3.05) is 6.61 Å². The van der Waals surface area contributed by atoms with Gasteiger partial charge in [-0.25, -0.2) is 13.1 Å². The molecule has 0 spiro atoms. The van der Waals surface area contributed by atoms with Crippen LogP contribution in [-0.2, 0) is 10.0 Å². The summed E-state index contributed by atoms with van der Waals surface area (Å²) < 4.78 is 26.9. The molecule has 1 aliphatic rings. The Hall–Kier alpha value is -1.35. The van der Waals surface area contributed by atoms with E-state index in [1.807, 2.05) is 6.92 Å². The van der Waals surface area contributed by atoms with E-state index < -0.39 is 10.0 Å². The minimum Gasteiger partial charge on any atom is -0.384 e. The summed E-state index contributed by atoms with van der Waals surface area (Å²) in [7, 11) is -3.48. The van der Waals surface area contributed by atoms with Crippen LogP contribution in [0.5, 0.6) is 0 Å². The third-order valence-corrected chi connectivity index (χ3v) is 4.47. The predicted octanol–water partition coefficient (Wildman–Crippen LogP) is 0.861. The molecule has 0 saturated heterocycles. The summed E-state index contributed by atoms with van der Waals surface area (Å²) in [4.78, 5) is 0.209. The van der Waals surface area contributed by atoms with Gasteiger partial charge in [-0.1, -0.05) is 17.9 Å². The van der Waals surface area contributed by atoms with E-state index in [-0.39, 0.29) is 17.0 Å². The Morgan fingerprint density at radius 3 is 2.78 bits per heavy atom. The Kier molecular flexibility index (Phi) is 3.44. The lowest BCUT2D eigenvalue weighted by Gasteiger charge is -2.12. The first-order valence-corrected chi connectivity index (χ1v) is 7.17. The average molecular weight is 265 g/mol. The topological polar surface area (TPSA) is 66.4 Å². The van der Waals surface area contributed by atoms with Crippen LogP contribution in [0.15, 0.2) is 29.2 Å². The Labute approximate surface area is 107 Å². The van der Waals surface area contributed by atoms with Crippen LogP contribution < -0.4 is 4.72 Å². The van der Waals surface area contributed by atoms with Crippen LogP contribution in [0, 0.1) is 11.8 Å². The molecular weight excluding hydrogens is 250 g/mol. The van der Waals surface area contributed by atoms with E-state index in [4.69, 9.17) is 5.11 Å². The van der Waals surface area contributed by atoms with Gasteiger partial charge in [0.15, 0.2) is 0 Å². The van der Waals surface area contributed by atoms with E-state index in [9.17, 15) is 8.42 Å².